The van der Waals surface area contributed by atoms with Crippen molar-refractivity contribution >= 4 is 28.6 Å². The number of methoxy groups -OCH3 is 1. The van der Waals surface area contributed by atoms with Crippen LogP contribution in [0.5, 0.6) is 5.75 Å². The van der Waals surface area contributed by atoms with Gasteiger partial charge in [0.05, 0.1) is 23.3 Å². The second-order valence-electron chi connectivity index (χ2n) is 7.57. The first-order chi connectivity index (χ1) is 16.0. The fraction of sp³-hybridized carbons (Fsp3) is 0.200. The van der Waals surface area contributed by atoms with Crippen molar-refractivity contribution in [2.75, 3.05) is 7.11 Å². The van der Waals surface area contributed by atoms with Crippen LogP contribution in [-0.4, -0.2) is 32.8 Å². The van der Waals surface area contributed by atoms with Gasteiger partial charge in [-0.3, -0.25) is 9.59 Å². The third kappa shape index (κ3) is 5.06. The molecule has 1 amide bonds. The van der Waals surface area contributed by atoms with Crippen LogP contribution in [0.25, 0.3) is 16.7 Å². The monoisotopic (exact) mass is 460 g/mol. The number of carbonyl (C=O) groups excluding carboxylic acids is 1. The lowest BCUT2D eigenvalue weighted by Gasteiger charge is -2.16. The smallest absolute Gasteiger partial charge is 0.267 e. The number of thioether (sulfide) groups is 1. The van der Waals surface area contributed by atoms with Gasteiger partial charge in [-0.1, -0.05) is 42.1 Å². The van der Waals surface area contributed by atoms with E-state index in [0.717, 1.165) is 16.9 Å². The van der Waals surface area contributed by atoms with Crippen molar-refractivity contribution in [3.8, 4) is 11.6 Å². The average molecular weight is 461 g/mol. The topological polar surface area (TPSA) is 86.1 Å². The Morgan fingerprint density at radius 3 is 2.58 bits per heavy atom. The summed E-state index contributed by atoms with van der Waals surface area (Å²) in [5, 5.41) is 3.38. The number of aryl methyl sites for hydroxylation is 1. The Labute approximate surface area is 195 Å². The highest BCUT2D eigenvalue weighted by molar-refractivity contribution is 8.00. The van der Waals surface area contributed by atoms with Crippen molar-refractivity contribution in [1.82, 2.24) is 19.9 Å². The second kappa shape index (κ2) is 9.87. The van der Waals surface area contributed by atoms with E-state index < -0.39 is 5.25 Å². The molecule has 0 bridgehead atoms. The van der Waals surface area contributed by atoms with Gasteiger partial charge in [-0.2, -0.15) is 0 Å². The Kier molecular flexibility index (Phi) is 6.74. The minimum atomic E-state index is -0.479. The number of carbonyl (C=O) groups is 1. The van der Waals surface area contributed by atoms with E-state index in [1.807, 2.05) is 43.3 Å². The van der Waals surface area contributed by atoms with E-state index >= 15 is 0 Å². The maximum atomic E-state index is 13.3. The summed E-state index contributed by atoms with van der Waals surface area (Å²) in [4.78, 5) is 35.2. The van der Waals surface area contributed by atoms with Gasteiger partial charge >= 0.3 is 0 Å². The predicted octanol–water partition coefficient (Wildman–Crippen LogP) is 3.89. The Morgan fingerprint density at radius 1 is 1.12 bits per heavy atom. The molecule has 33 heavy (non-hydrogen) atoms. The van der Waals surface area contributed by atoms with Crippen LogP contribution in [-0.2, 0) is 11.3 Å². The summed E-state index contributed by atoms with van der Waals surface area (Å²) < 4.78 is 6.64. The fourth-order valence-corrected chi connectivity index (χ4v) is 4.21. The molecule has 2 aromatic heterocycles. The van der Waals surface area contributed by atoms with E-state index in [0.29, 0.717) is 28.4 Å². The van der Waals surface area contributed by atoms with Crippen molar-refractivity contribution in [1.29, 1.82) is 0 Å². The van der Waals surface area contributed by atoms with Crippen LogP contribution >= 0.6 is 11.8 Å². The largest absolute Gasteiger partial charge is 0.497 e. The highest BCUT2D eigenvalue weighted by Gasteiger charge is 2.20. The number of hydrogen-bond donors (Lipinski definition) is 1. The zero-order chi connectivity index (χ0) is 23.4. The van der Waals surface area contributed by atoms with Gasteiger partial charge in [-0.15, -0.1) is 0 Å². The van der Waals surface area contributed by atoms with E-state index in [9.17, 15) is 9.59 Å². The van der Waals surface area contributed by atoms with Crippen LogP contribution in [0.4, 0.5) is 0 Å². The summed E-state index contributed by atoms with van der Waals surface area (Å²) in [5.41, 5.74) is 2.32. The van der Waals surface area contributed by atoms with Crippen LogP contribution in [0, 0.1) is 6.92 Å². The molecular weight excluding hydrogens is 436 g/mol. The number of aromatic nitrogens is 3. The average Bonchev–Trinajstić information content (AvgIpc) is 2.84. The highest BCUT2D eigenvalue weighted by atomic mass is 32.2. The number of ether oxygens (including phenoxy) is 1. The molecular formula is C25H24N4O3S. The standard InChI is InChI=1S/C25H24N4O3S/c1-16-8-13-22(26-14-16)29-24(31)20-6-4-5-7-21(20)28-25(29)33-17(2)23(30)27-15-18-9-11-19(32-3)12-10-18/h4-14,17H,15H2,1-3H3,(H,27,30). The highest BCUT2D eigenvalue weighted by Crippen LogP contribution is 2.25. The number of benzene rings is 2. The van der Waals surface area contributed by atoms with Gasteiger partial charge in [-0.25, -0.2) is 14.5 Å². The van der Waals surface area contributed by atoms with Crippen LogP contribution in [0.1, 0.15) is 18.1 Å². The third-order valence-electron chi connectivity index (χ3n) is 5.15. The van der Waals surface area contributed by atoms with Crippen molar-refractivity contribution in [3.05, 3.63) is 88.3 Å². The van der Waals surface area contributed by atoms with Crippen LogP contribution < -0.4 is 15.6 Å². The molecule has 0 aliphatic rings. The minimum absolute atomic E-state index is 0.151. The first-order valence-electron chi connectivity index (χ1n) is 10.5. The summed E-state index contributed by atoms with van der Waals surface area (Å²) in [7, 11) is 1.61. The zero-order valence-electron chi connectivity index (χ0n) is 18.6. The molecule has 1 atom stereocenters. The van der Waals surface area contributed by atoms with Gasteiger partial charge in [0.2, 0.25) is 5.91 Å². The summed E-state index contributed by atoms with van der Waals surface area (Å²) >= 11 is 1.23. The van der Waals surface area contributed by atoms with Crippen molar-refractivity contribution in [3.63, 3.8) is 0 Å². The van der Waals surface area contributed by atoms with E-state index in [1.165, 1.54) is 16.3 Å². The molecule has 2 aromatic carbocycles. The number of hydrogen-bond acceptors (Lipinski definition) is 6. The molecule has 4 rings (SSSR count). The van der Waals surface area contributed by atoms with Crippen molar-refractivity contribution in [2.45, 2.75) is 30.8 Å². The molecule has 1 N–H and O–H groups in total. The van der Waals surface area contributed by atoms with Gasteiger partial charge in [0.15, 0.2) is 5.16 Å². The number of nitrogens with one attached hydrogen (secondary N) is 1. The maximum Gasteiger partial charge on any atom is 0.267 e. The zero-order valence-corrected chi connectivity index (χ0v) is 19.4. The van der Waals surface area contributed by atoms with E-state index in [1.54, 1.807) is 44.5 Å². The molecule has 0 radical (unpaired) electrons. The predicted molar refractivity (Wildman–Crippen MR) is 130 cm³/mol. The summed E-state index contributed by atoms with van der Waals surface area (Å²) in [5.74, 6) is 1.08. The minimum Gasteiger partial charge on any atom is -0.497 e. The lowest BCUT2D eigenvalue weighted by atomic mass is 10.2. The summed E-state index contributed by atoms with van der Waals surface area (Å²) in [6, 6.07) is 18.4. The molecule has 4 aromatic rings. The van der Waals surface area contributed by atoms with Crippen LogP contribution in [0.15, 0.2) is 76.8 Å². The van der Waals surface area contributed by atoms with Crippen LogP contribution in [0.3, 0.4) is 0 Å². The molecule has 8 heteroatoms. The Balaban J connectivity index is 1.59. The number of nitrogens with zero attached hydrogens (tertiary/aromatic N) is 3. The van der Waals surface area contributed by atoms with Gasteiger partial charge in [0, 0.05) is 12.7 Å². The molecule has 2 heterocycles. The number of para-hydroxylation sites is 1. The van der Waals surface area contributed by atoms with E-state index in [2.05, 4.69) is 15.3 Å². The SMILES string of the molecule is COc1ccc(CNC(=O)C(C)Sc2nc3ccccc3c(=O)n2-c2ccc(C)cn2)cc1. The number of fused-ring (bicyclic) bond motifs is 1. The molecule has 0 saturated carbocycles. The fourth-order valence-electron chi connectivity index (χ4n) is 3.27. The quantitative estimate of drug-likeness (QED) is 0.333. The normalized spacial score (nSPS) is 11.8. The lowest BCUT2D eigenvalue weighted by Crippen LogP contribution is -2.31. The molecule has 0 saturated heterocycles. The molecule has 0 aliphatic carbocycles. The molecule has 0 fully saturated rings. The summed E-state index contributed by atoms with van der Waals surface area (Å²) in [6.07, 6.45) is 1.70. The second-order valence-corrected chi connectivity index (χ2v) is 8.88. The molecule has 168 valence electrons. The van der Waals surface area contributed by atoms with E-state index in [4.69, 9.17) is 4.74 Å². The Bertz CT molecular complexity index is 1330. The number of rotatable bonds is 7. The van der Waals surface area contributed by atoms with Crippen molar-refractivity contribution < 1.29 is 9.53 Å². The number of amides is 1. The van der Waals surface area contributed by atoms with Gasteiger partial charge in [0.1, 0.15) is 11.6 Å². The van der Waals surface area contributed by atoms with Gasteiger partial charge < -0.3 is 10.1 Å². The summed E-state index contributed by atoms with van der Waals surface area (Å²) in [6.45, 7) is 4.12. The van der Waals surface area contributed by atoms with Gasteiger partial charge in [0.25, 0.3) is 5.56 Å². The van der Waals surface area contributed by atoms with Gasteiger partial charge in [-0.05, 0) is 55.3 Å². The molecule has 7 nitrogen and oxygen atoms in total. The third-order valence-corrected chi connectivity index (χ3v) is 6.20. The lowest BCUT2D eigenvalue weighted by molar-refractivity contribution is -0.120. The molecule has 0 aliphatic heterocycles. The first-order valence-corrected chi connectivity index (χ1v) is 11.4. The Hall–Kier alpha value is -3.65. The van der Waals surface area contributed by atoms with Crippen molar-refractivity contribution in [2.24, 2.45) is 0 Å². The molecule has 0 spiro atoms. The Morgan fingerprint density at radius 2 is 1.88 bits per heavy atom. The number of pyridine rings is 1. The van der Waals surface area contributed by atoms with Crippen LogP contribution in [0.2, 0.25) is 0 Å². The maximum absolute atomic E-state index is 13.3. The molecule has 1 unspecified atom stereocenters. The first kappa shape index (κ1) is 22.5. The van der Waals surface area contributed by atoms with E-state index in [-0.39, 0.29) is 11.5 Å².